The van der Waals surface area contributed by atoms with Gasteiger partial charge in [-0.2, -0.15) is 0 Å². The number of thiophene rings is 1. The zero-order chi connectivity index (χ0) is 25.7. The predicted molar refractivity (Wildman–Crippen MR) is 145 cm³/mol. The third-order valence-electron chi connectivity index (χ3n) is 11.4. The summed E-state index contributed by atoms with van der Waals surface area (Å²) in [7, 11) is 0. The summed E-state index contributed by atoms with van der Waals surface area (Å²) in [6.07, 6.45) is 10.0. The maximum Gasteiger partial charge on any atom is 0.220 e. The molecule has 9 atom stereocenters. The predicted octanol–water partition coefficient (Wildman–Crippen LogP) is 7.14. The Morgan fingerprint density at radius 2 is 1.89 bits per heavy atom. The maximum atomic E-state index is 13.6. The number of Topliss-reactive ketones (excluding diaryl/α,β-unsaturated/α-hetero) is 2. The van der Waals surface area contributed by atoms with E-state index in [1.54, 1.807) is 11.3 Å². The van der Waals surface area contributed by atoms with Crippen molar-refractivity contribution < 1.29 is 14.4 Å². The monoisotopic (exact) mass is 511 g/mol. The average molecular weight is 512 g/mol. The third-order valence-corrected chi connectivity index (χ3v) is 12.3. The molecule has 0 aromatic carbocycles. The molecule has 1 unspecified atom stereocenters. The van der Waals surface area contributed by atoms with Gasteiger partial charge in [0.25, 0.3) is 0 Å². The standard InChI is InChI=1S/C31H45NO3S/c1-5-7-25(27-8-6-15-36-27)32-28(35)16-19(2)22-9-10-23-29-24(12-14-31(22,23)4)30(3)13-11-21(33)17-20(30)18-26(29)34/h6,8,15,19-20,22-25,29H,5,7,9-14,16-18H2,1-4H3,(H,32,35)/t19-,20+,22-,23+,24+,25?,29+,30+,31-/m1/s1. The lowest BCUT2D eigenvalue weighted by Gasteiger charge is -2.59. The summed E-state index contributed by atoms with van der Waals surface area (Å²) in [5.41, 5.74) is 0.286. The Bertz CT molecular complexity index is 988. The highest BCUT2D eigenvalue weighted by Gasteiger charge is 2.63. The molecule has 0 spiro atoms. The van der Waals surface area contributed by atoms with Crippen LogP contribution in [0.3, 0.4) is 0 Å². The zero-order valence-corrected chi connectivity index (χ0v) is 23.5. The summed E-state index contributed by atoms with van der Waals surface area (Å²) in [6, 6.07) is 4.31. The smallest absolute Gasteiger partial charge is 0.220 e. The molecule has 4 aliphatic carbocycles. The van der Waals surface area contributed by atoms with Crippen molar-refractivity contribution in [1.29, 1.82) is 0 Å². The first kappa shape index (κ1) is 26.1. The van der Waals surface area contributed by atoms with Gasteiger partial charge < -0.3 is 5.32 Å². The van der Waals surface area contributed by atoms with Crippen LogP contribution in [0.5, 0.6) is 0 Å². The van der Waals surface area contributed by atoms with Crippen LogP contribution >= 0.6 is 11.3 Å². The van der Waals surface area contributed by atoms with Crippen molar-refractivity contribution in [3.05, 3.63) is 22.4 Å². The molecule has 4 aliphatic rings. The fraction of sp³-hybridized carbons (Fsp3) is 0.774. The van der Waals surface area contributed by atoms with Crippen LogP contribution in [0.1, 0.15) is 109 Å². The van der Waals surface area contributed by atoms with Crippen molar-refractivity contribution >= 4 is 28.8 Å². The summed E-state index contributed by atoms with van der Waals surface area (Å²) in [6.45, 7) is 9.29. The number of amides is 1. The van der Waals surface area contributed by atoms with Crippen molar-refractivity contribution in [3.8, 4) is 0 Å². The number of fused-ring (bicyclic) bond motifs is 5. The molecule has 0 saturated heterocycles. The lowest BCUT2D eigenvalue weighted by atomic mass is 9.44. The average Bonchev–Trinajstić information content (AvgIpc) is 3.48. The van der Waals surface area contributed by atoms with Crippen molar-refractivity contribution in [2.75, 3.05) is 0 Å². The molecule has 5 rings (SSSR count). The Kier molecular flexibility index (Phi) is 7.26. The van der Waals surface area contributed by atoms with E-state index in [1.807, 2.05) is 0 Å². The Morgan fingerprint density at radius 1 is 1.11 bits per heavy atom. The summed E-state index contributed by atoms with van der Waals surface area (Å²) >= 11 is 1.72. The topological polar surface area (TPSA) is 63.2 Å². The van der Waals surface area contributed by atoms with Gasteiger partial charge in [-0.15, -0.1) is 11.3 Å². The van der Waals surface area contributed by atoms with Crippen molar-refractivity contribution in [3.63, 3.8) is 0 Å². The molecule has 36 heavy (non-hydrogen) atoms. The van der Waals surface area contributed by atoms with Crippen LogP contribution in [0.25, 0.3) is 0 Å². The van der Waals surface area contributed by atoms with Crippen LogP contribution in [-0.2, 0) is 14.4 Å². The molecule has 1 aromatic heterocycles. The molecule has 1 N–H and O–H groups in total. The van der Waals surface area contributed by atoms with Gasteiger partial charge in [0.05, 0.1) is 6.04 Å². The SMILES string of the molecule is CCCC(NC(=O)C[C@@H](C)[C@H]1CC[C@H]2[C@@H]3C(=O)C[C@@H]4CC(=O)CC[C@]4(C)[C@H]3CC[C@]12C)c1cccs1. The van der Waals surface area contributed by atoms with Crippen LogP contribution < -0.4 is 5.32 Å². The lowest BCUT2D eigenvalue weighted by molar-refractivity contribution is -0.159. The first-order valence-corrected chi connectivity index (χ1v) is 15.4. The van der Waals surface area contributed by atoms with E-state index in [1.165, 1.54) is 4.88 Å². The van der Waals surface area contributed by atoms with E-state index in [-0.39, 0.29) is 34.6 Å². The number of carbonyl (C=O) groups excluding carboxylic acids is 3. The van der Waals surface area contributed by atoms with E-state index in [0.29, 0.717) is 60.9 Å². The fourth-order valence-electron chi connectivity index (χ4n) is 9.45. The van der Waals surface area contributed by atoms with Gasteiger partial charge in [0, 0.05) is 36.5 Å². The van der Waals surface area contributed by atoms with Gasteiger partial charge in [0.15, 0.2) is 0 Å². The van der Waals surface area contributed by atoms with E-state index in [4.69, 9.17) is 0 Å². The van der Waals surface area contributed by atoms with Crippen LogP contribution in [0, 0.1) is 46.3 Å². The fourth-order valence-corrected chi connectivity index (χ4v) is 10.3. The van der Waals surface area contributed by atoms with Gasteiger partial charge in [-0.1, -0.05) is 40.2 Å². The Hall–Kier alpha value is -1.49. The number of hydrogen-bond donors (Lipinski definition) is 1. The summed E-state index contributed by atoms with van der Waals surface area (Å²) in [4.78, 5) is 40.2. The largest absolute Gasteiger partial charge is 0.348 e. The van der Waals surface area contributed by atoms with E-state index >= 15 is 0 Å². The van der Waals surface area contributed by atoms with Gasteiger partial charge in [-0.25, -0.2) is 0 Å². The highest BCUT2D eigenvalue weighted by Crippen LogP contribution is 2.67. The molecule has 0 radical (unpaired) electrons. The summed E-state index contributed by atoms with van der Waals surface area (Å²) < 4.78 is 0. The van der Waals surface area contributed by atoms with Crippen molar-refractivity contribution in [1.82, 2.24) is 5.32 Å². The molecule has 4 nitrogen and oxygen atoms in total. The van der Waals surface area contributed by atoms with Gasteiger partial charge in [0.2, 0.25) is 5.91 Å². The van der Waals surface area contributed by atoms with E-state index in [0.717, 1.165) is 44.9 Å². The second kappa shape index (κ2) is 10.0. The number of nitrogens with one attached hydrogen (secondary N) is 1. The van der Waals surface area contributed by atoms with Crippen LogP contribution in [0.15, 0.2) is 17.5 Å². The maximum absolute atomic E-state index is 13.6. The molecule has 0 aliphatic heterocycles. The molecule has 4 saturated carbocycles. The minimum absolute atomic E-state index is 0.118. The first-order valence-electron chi connectivity index (χ1n) is 14.5. The van der Waals surface area contributed by atoms with E-state index in [9.17, 15) is 14.4 Å². The Balaban J connectivity index is 1.28. The first-order chi connectivity index (χ1) is 17.2. The molecule has 4 fully saturated rings. The molecule has 0 bridgehead atoms. The van der Waals surface area contributed by atoms with Gasteiger partial charge in [0.1, 0.15) is 11.6 Å². The molecular formula is C31H45NO3S. The van der Waals surface area contributed by atoms with Gasteiger partial charge in [-0.05, 0) is 90.4 Å². The Morgan fingerprint density at radius 3 is 2.61 bits per heavy atom. The van der Waals surface area contributed by atoms with Gasteiger partial charge >= 0.3 is 0 Å². The molecule has 1 amide bonds. The van der Waals surface area contributed by atoms with Crippen LogP contribution in [0.4, 0.5) is 0 Å². The van der Waals surface area contributed by atoms with Gasteiger partial charge in [-0.3, -0.25) is 14.4 Å². The minimum atomic E-state index is 0.118. The molecule has 5 heteroatoms. The summed E-state index contributed by atoms with van der Waals surface area (Å²) in [5.74, 6) is 3.08. The zero-order valence-electron chi connectivity index (χ0n) is 22.7. The van der Waals surface area contributed by atoms with E-state index in [2.05, 4.69) is 50.5 Å². The quantitative estimate of drug-likeness (QED) is 0.423. The van der Waals surface area contributed by atoms with Crippen LogP contribution in [-0.4, -0.2) is 17.5 Å². The third kappa shape index (κ3) is 4.41. The summed E-state index contributed by atoms with van der Waals surface area (Å²) in [5, 5.41) is 5.43. The second-order valence-electron chi connectivity index (χ2n) is 13.2. The normalized spacial score (nSPS) is 39.6. The molecular weight excluding hydrogens is 466 g/mol. The number of rotatable bonds is 7. The molecule has 1 aromatic rings. The second-order valence-corrected chi connectivity index (χ2v) is 14.2. The number of ketones is 2. The van der Waals surface area contributed by atoms with Crippen molar-refractivity contribution in [2.45, 2.75) is 104 Å². The molecule has 1 heterocycles. The highest BCUT2D eigenvalue weighted by molar-refractivity contribution is 7.10. The lowest BCUT2D eigenvalue weighted by Crippen LogP contribution is -2.57. The van der Waals surface area contributed by atoms with Crippen molar-refractivity contribution in [2.24, 2.45) is 46.3 Å². The minimum Gasteiger partial charge on any atom is -0.348 e. The highest BCUT2D eigenvalue weighted by atomic mass is 32.1. The Labute approximate surface area is 221 Å². The molecule has 198 valence electrons. The number of carbonyl (C=O) groups is 3. The van der Waals surface area contributed by atoms with E-state index < -0.39 is 0 Å². The van der Waals surface area contributed by atoms with Crippen LogP contribution in [0.2, 0.25) is 0 Å². The number of hydrogen-bond acceptors (Lipinski definition) is 4.